The van der Waals surface area contributed by atoms with Gasteiger partial charge in [-0.15, -0.1) is 0 Å². The van der Waals surface area contributed by atoms with E-state index in [4.69, 9.17) is 9.47 Å². The molecule has 0 aliphatic carbocycles. The standard InChI is InChI=1S/C50H93N5O8/c1-5-9-12-15-20-27-35-45(8-4)62-49(56)38-30-23-18-25-32-40-52(42-34-43-53-48(55(60)61)44-47(51-53)54(58)59)41-33-26-19-24-31-39-50(57)63-46(36-28-21-16-13-10-6-2)37-29-22-17-14-11-7-3/h44-46H,5-43H2,1-4H3. The van der Waals surface area contributed by atoms with Crippen molar-refractivity contribution in [1.29, 1.82) is 0 Å². The SMILES string of the molecule is CCCCCCCCC(CC)OC(=O)CCCCCCCN(CCCCCCCC(=O)OC(CCCCCCCC)CCCCCCCC)CCCn1nc([N+](=O)[O-])cc1[N+](=O)[O-]. The van der Waals surface area contributed by atoms with Crippen molar-refractivity contribution in [1.82, 2.24) is 14.7 Å². The third kappa shape index (κ3) is 32.3. The normalized spacial score (nSPS) is 12.0. The predicted molar refractivity (Wildman–Crippen MR) is 256 cm³/mol. The molecule has 1 unspecified atom stereocenters. The summed E-state index contributed by atoms with van der Waals surface area (Å²) in [6, 6.07) is 0.918. The van der Waals surface area contributed by atoms with E-state index in [2.05, 4.69) is 37.7 Å². The van der Waals surface area contributed by atoms with Crippen molar-refractivity contribution in [2.75, 3.05) is 19.6 Å². The van der Waals surface area contributed by atoms with Crippen molar-refractivity contribution in [3.05, 3.63) is 26.3 Å². The zero-order valence-corrected chi connectivity index (χ0v) is 40.8. The second kappa shape index (κ2) is 40.4. The average Bonchev–Trinajstić information content (AvgIpc) is 3.71. The molecule has 13 heteroatoms. The van der Waals surface area contributed by atoms with E-state index in [1.807, 2.05) is 0 Å². The second-order valence-corrected chi connectivity index (χ2v) is 18.1. The van der Waals surface area contributed by atoms with Crippen LogP contribution in [0.25, 0.3) is 0 Å². The Labute approximate surface area is 383 Å². The summed E-state index contributed by atoms with van der Waals surface area (Å²) in [6.07, 6.45) is 37.6. The average molecular weight is 892 g/mol. The quantitative estimate of drug-likeness (QED) is 0.0267. The van der Waals surface area contributed by atoms with Gasteiger partial charge in [-0.25, -0.2) is 0 Å². The molecule has 1 aromatic heterocycles. The molecule has 0 N–H and O–H groups in total. The molecule has 0 aliphatic heterocycles. The number of ether oxygens (including phenoxy) is 2. The number of rotatable bonds is 46. The number of esters is 2. The third-order valence-electron chi connectivity index (χ3n) is 12.4. The topological polar surface area (TPSA) is 160 Å². The minimum absolute atomic E-state index is 0.0323. The van der Waals surface area contributed by atoms with Gasteiger partial charge in [0, 0.05) is 25.8 Å². The van der Waals surface area contributed by atoms with E-state index >= 15 is 0 Å². The smallest absolute Gasteiger partial charge is 0.420 e. The summed E-state index contributed by atoms with van der Waals surface area (Å²) in [7, 11) is 0. The van der Waals surface area contributed by atoms with Gasteiger partial charge in [0.25, 0.3) is 0 Å². The lowest BCUT2D eigenvalue weighted by Gasteiger charge is -2.22. The van der Waals surface area contributed by atoms with Crippen LogP contribution in [-0.4, -0.2) is 68.3 Å². The highest BCUT2D eigenvalue weighted by Crippen LogP contribution is 2.21. The summed E-state index contributed by atoms with van der Waals surface area (Å²) >= 11 is 0. The monoisotopic (exact) mass is 892 g/mol. The molecule has 13 nitrogen and oxygen atoms in total. The van der Waals surface area contributed by atoms with Crippen molar-refractivity contribution in [3.8, 4) is 0 Å². The Morgan fingerprint density at radius 2 is 0.921 bits per heavy atom. The molecule has 0 aliphatic rings. The largest absolute Gasteiger partial charge is 0.462 e. The molecule has 366 valence electrons. The van der Waals surface area contributed by atoms with Gasteiger partial charge in [-0.05, 0) is 98.2 Å². The highest BCUT2D eigenvalue weighted by molar-refractivity contribution is 5.69. The molecule has 63 heavy (non-hydrogen) atoms. The Kier molecular flexibility index (Phi) is 37.2. The van der Waals surface area contributed by atoms with Crippen molar-refractivity contribution in [2.45, 2.75) is 271 Å². The van der Waals surface area contributed by atoms with E-state index in [0.717, 1.165) is 133 Å². The summed E-state index contributed by atoms with van der Waals surface area (Å²) in [5, 5.41) is 26.6. The van der Waals surface area contributed by atoms with Gasteiger partial charge in [-0.3, -0.25) is 9.59 Å². The van der Waals surface area contributed by atoms with Gasteiger partial charge in [0.1, 0.15) is 29.9 Å². The molecule has 1 rings (SSSR count). The first kappa shape index (κ1) is 57.9. The van der Waals surface area contributed by atoms with Gasteiger partial charge in [0.2, 0.25) is 0 Å². The number of nitro groups is 2. The molecule has 0 fully saturated rings. The summed E-state index contributed by atoms with van der Waals surface area (Å²) in [6.45, 7) is 11.5. The number of unbranched alkanes of at least 4 members (excludes halogenated alkanes) is 23. The predicted octanol–water partition coefficient (Wildman–Crippen LogP) is 14.6. The Morgan fingerprint density at radius 1 is 0.540 bits per heavy atom. The lowest BCUT2D eigenvalue weighted by molar-refractivity contribution is -0.395. The van der Waals surface area contributed by atoms with E-state index in [1.165, 1.54) is 96.3 Å². The number of aromatic nitrogens is 2. The van der Waals surface area contributed by atoms with Crippen molar-refractivity contribution in [3.63, 3.8) is 0 Å². The molecule has 0 bridgehead atoms. The molecule has 0 amide bonds. The van der Waals surface area contributed by atoms with Crippen LogP contribution in [0.15, 0.2) is 6.07 Å². The molecule has 0 saturated carbocycles. The second-order valence-electron chi connectivity index (χ2n) is 18.1. The van der Waals surface area contributed by atoms with Crippen LogP contribution in [0, 0.1) is 20.2 Å². The van der Waals surface area contributed by atoms with E-state index < -0.39 is 15.7 Å². The first-order valence-electron chi connectivity index (χ1n) is 26.1. The number of carbonyl (C=O) groups is 2. The fourth-order valence-corrected chi connectivity index (χ4v) is 8.40. The lowest BCUT2D eigenvalue weighted by Crippen LogP contribution is -2.28. The summed E-state index contributed by atoms with van der Waals surface area (Å²) < 4.78 is 13.0. The van der Waals surface area contributed by atoms with Crippen molar-refractivity contribution in [2.24, 2.45) is 0 Å². The van der Waals surface area contributed by atoms with E-state index in [-0.39, 0.29) is 36.5 Å². The first-order valence-corrected chi connectivity index (χ1v) is 26.1. The van der Waals surface area contributed by atoms with Crippen LogP contribution in [0.3, 0.4) is 0 Å². The van der Waals surface area contributed by atoms with E-state index in [1.54, 1.807) is 0 Å². The van der Waals surface area contributed by atoms with Crippen LogP contribution >= 0.6 is 0 Å². The van der Waals surface area contributed by atoms with Crippen LogP contribution in [-0.2, 0) is 25.6 Å². The maximum Gasteiger partial charge on any atom is 0.420 e. The number of hydrogen-bond acceptors (Lipinski definition) is 10. The molecule has 1 aromatic rings. The number of aryl methyl sites for hydroxylation is 1. The Bertz CT molecular complexity index is 1280. The van der Waals surface area contributed by atoms with Crippen LogP contribution in [0.2, 0.25) is 0 Å². The zero-order chi connectivity index (χ0) is 46.2. The van der Waals surface area contributed by atoms with Crippen LogP contribution in [0.1, 0.15) is 252 Å². The summed E-state index contributed by atoms with van der Waals surface area (Å²) in [5.41, 5.74) is 0. The highest BCUT2D eigenvalue weighted by atomic mass is 16.6. The minimum Gasteiger partial charge on any atom is -0.462 e. The number of hydrogen-bond donors (Lipinski definition) is 0. The van der Waals surface area contributed by atoms with E-state index in [0.29, 0.717) is 25.8 Å². The number of nitrogens with zero attached hydrogens (tertiary/aromatic N) is 5. The van der Waals surface area contributed by atoms with Gasteiger partial charge in [0.15, 0.2) is 0 Å². The molecule has 0 aromatic carbocycles. The molecule has 0 radical (unpaired) electrons. The van der Waals surface area contributed by atoms with Crippen molar-refractivity contribution < 1.29 is 28.9 Å². The molecule has 1 heterocycles. The zero-order valence-electron chi connectivity index (χ0n) is 40.8. The summed E-state index contributed by atoms with van der Waals surface area (Å²) in [4.78, 5) is 49.2. The maximum absolute atomic E-state index is 12.9. The van der Waals surface area contributed by atoms with Crippen LogP contribution < -0.4 is 0 Å². The summed E-state index contributed by atoms with van der Waals surface area (Å²) in [5.74, 6) is -1.00. The lowest BCUT2D eigenvalue weighted by atomic mass is 10.0. The molecule has 1 atom stereocenters. The number of carbonyl (C=O) groups excluding carboxylic acids is 2. The highest BCUT2D eigenvalue weighted by Gasteiger charge is 2.27. The van der Waals surface area contributed by atoms with Crippen LogP contribution in [0.5, 0.6) is 0 Å². The molecular weight excluding hydrogens is 799 g/mol. The molecular formula is C50H93N5O8. The Hall–Kier alpha value is -3.09. The van der Waals surface area contributed by atoms with E-state index in [9.17, 15) is 29.8 Å². The minimum atomic E-state index is -0.702. The van der Waals surface area contributed by atoms with Gasteiger partial charge < -0.3 is 34.6 Å². The molecule has 0 saturated heterocycles. The Morgan fingerprint density at radius 3 is 1.35 bits per heavy atom. The maximum atomic E-state index is 12.9. The fraction of sp³-hybridized carbons (Fsp3) is 0.900. The Balaban J connectivity index is 2.51. The van der Waals surface area contributed by atoms with Crippen molar-refractivity contribution >= 4 is 23.6 Å². The first-order chi connectivity index (χ1) is 30.6. The molecule has 0 spiro atoms. The third-order valence-corrected chi connectivity index (χ3v) is 12.4. The van der Waals surface area contributed by atoms with Gasteiger partial charge >= 0.3 is 23.6 Å². The van der Waals surface area contributed by atoms with Crippen LogP contribution in [0.4, 0.5) is 11.6 Å². The van der Waals surface area contributed by atoms with Gasteiger partial charge in [-0.2, -0.15) is 0 Å². The van der Waals surface area contributed by atoms with Gasteiger partial charge in [-0.1, -0.05) is 163 Å². The fourth-order valence-electron chi connectivity index (χ4n) is 8.40. The van der Waals surface area contributed by atoms with Gasteiger partial charge in [0.05, 0.1) is 0 Å².